The first-order valence-corrected chi connectivity index (χ1v) is 10.8. The lowest BCUT2D eigenvalue weighted by Gasteiger charge is -2.11. The number of aromatic nitrogens is 3. The first-order chi connectivity index (χ1) is 14.7. The van der Waals surface area contributed by atoms with Crippen LogP contribution in [0.4, 0.5) is 0 Å². The lowest BCUT2D eigenvalue weighted by Crippen LogP contribution is -1.97. The van der Waals surface area contributed by atoms with Crippen molar-refractivity contribution in [2.75, 3.05) is 6.61 Å². The summed E-state index contributed by atoms with van der Waals surface area (Å²) in [6.07, 6.45) is 6.15. The van der Waals surface area contributed by atoms with E-state index < -0.39 is 0 Å². The molecule has 1 N–H and O–H groups in total. The van der Waals surface area contributed by atoms with E-state index in [1.54, 1.807) is 0 Å². The quantitative estimate of drug-likeness (QED) is 0.447. The van der Waals surface area contributed by atoms with Gasteiger partial charge in [0, 0.05) is 40.9 Å². The van der Waals surface area contributed by atoms with Crippen LogP contribution in [0.5, 0.6) is 0 Å². The largest absolute Gasteiger partial charge is 0.396 e. The molecule has 1 aliphatic rings. The predicted octanol–water partition coefficient (Wildman–Crippen LogP) is 5.74. The zero-order chi connectivity index (χ0) is 20.7. The summed E-state index contributed by atoms with van der Waals surface area (Å²) in [7, 11) is 0. The van der Waals surface area contributed by atoms with Crippen LogP contribution in [-0.4, -0.2) is 26.4 Å². The molecule has 2 heterocycles. The van der Waals surface area contributed by atoms with Gasteiger partial charge in [0.05, 0.1) is 0 Å². The summed E-state index contributed by atoms with van der Waals surface area (Å²) < 4.78 is 7.92. The second-order valence-electron chi connectivity index (χ2n) is 8.49. The van der Waals surface area contributed by atoms with Crippen molar-refractivity contribution in [1.29, 1.82) is 0 Å². The van der Waals surface area contributed by atoms with Crippen molar-refractivity contribution in [1.82, 2.24) is 14.7 Å². The van der Waals surface area contributed by atoms with E-state index >= 15 is 0 Å². The smallest absolute Gasteiger partial charge is 0.258 e. The van der Waals surface area contributed by atoms with Gasteiger partial charge in [0.25, 0.3) is 5.89 Å². The molecule has 0 fully saturated rings. The van der Waals surface area contributed by atoms with Gasteiger partial charge in [-0.25, -0.2) is 0 Å². The molecule has 2 aromatic carbocycles. The van der Waals surface area contributed by atoms with E-state index in [4.69, 9.17) is 9.51 Å². The zero-order valence-electron chi connectivity index (χ0n) is 17.5. The summed E-state index contributed by atoms with van der Waals surface area (Å²) in [5, 5.41) is 14.7. The van der Waals surface area contributed by atoms with Crippen molar-refractivity contribution in [2.24, 2.45) is 0 Å². The van der Waals surface area contributed by atoms with E-state index in [0.717, 1.165) is 36.8 Å². The highest BCUT2D eigenvalue weighted by Gasteiger charge is 2.26. The molecule has 2 aromatic heterocycles. The number of aliphatic hydroxyl groups is 1. The minimum absolute atomic E-state index is 0.255. The molecular weight excluding hydrogens is 374 g/mol. The Morgan fingerprint density at radius 1 is 1.20 bits per heavy atom. The predicted molar refractivity (Wildman–Crippen MR) is 118 cm³/mol. The third-order valence-corrected chi connectivity index (χ3v) is 6.30. The Bertz CT molecular complexity index is 1190. The summed E-state index contributed by atoms with van der Waals surface area (Å²) >= 11 is 0. The summed E-state index contributed by atoms with van der Waals surface area (Å²) in [6, 6.07) is 15.2. The van der Waals surface area contributed by atoms with Crippen molar-refractivity contribution < 1.29 is 9.63 Å². The Hall–Kier alpha value is -2.92. The van der Waals surface area contributed by atoms with Gasteiger partial charge in [-0.1, -0.05) is 23.4 Å². The monoisotopic (exact) mass is 401 g/mol. The van der Waals surface area contributed by atoms with E-state index in [9.17, 15) is 5.11 Å². The topological polar surface area (TPSA) is 64.1 Å². The molecule has 30 heavy (non-hydrogen) atoms. The van der Waals surface area contributed by atoms with E-state index in [2.05, 4.69) is 72.2 Å². The van der Waals surface area contributed by atoms with Crippen LogP contribution in [-0.2, 0) is 6.42 Å². The molecule has 0 radical (unpaired) electrons. The molecule has 0 saturated carbocycles. The first-order valence-electron chi connectivity index (χ1n) is 10.8. The highest BCUT2D eigenvalue weighted by atomic mass is 16.5. The van der Waals surface area contributed by atoms with Crippen LogP contribution in [0.2, 0.25) is 0 Å². The maximum Gasteiger partial charge on any atom is 0.258 e. The normalized spacial score (nSPS) is 15.9. The average Bonchev–Trinajstić information content (AvgIpc) is 3.49. The fourth-order valence-corrected chi connectivity index (χ4v) is 4.78. The molecule has 5 heteroatoms. The van der Waals surface area contributed by atoms with E-state index in [1.165, 1.54) is 22.0 Å². The fraction of sp³-hybridized carbons (Fsp3) is 0.360. The van der Waals surface area contributed by atoms with Crippen molar-refractivity contribution in [2.45, 2.75) is 51.5 Å². The average molecular weight is 402 g/mol. The molecule has 0 saturated heterocycles. The van der Waals surface area contributed by atoms with Gasteiger partial charge in [0.2, 0.25) is 5.82 Å². The molecule has 0 aliphatic heterocycles. The standard InChI is InChI=1S/C25H27N3O2/c1-16(2)28-13-12-18-15-19(9-11-23(18)28)25-26-24(27-30-25)22-7-3-6-20-17(5-4-14-29)8-10-21(20)22/h3,6-7,9,11-13,15-17,29H,4-5,8,10,14H2,1-2H3. The number of benzene rings is 2. The van der Waals surface area contributed by atoms with Crippen molar-refractivity contribution in [3.05, 3.63) is 59.8 Å². The summed E-state index contributed by atoms with van der Waals surface area (Å²) in [5.74, 6) is 1.73. The van der Waals surface area contributed by atoms with Gasteiger partial charge < -0.3 is 14.2 Å². The minimum Gasteiger partial charge on any atom is -0.396 e. The lowest BCUT2D eigenvalue weighted by atomic mass is 9.95. The van der Waals surface area contributed by atoms with Gasteiger partial charge in [0.15, 0.2) is 0 Å². The zero-order valence-corrected chi connectivity index (χ0v) is 17.5. The van der Waals surface area contributed by atoms with Crippen molar-refractivity contribution >= 4 is 10.9 Å². The number of aliphatic hydroxyl groups excluding tert-OH is 1. The molecule has 0 bridgehead atoms. The molecule has 154 valence electrons. The van der Waals surface area contributed by atoms with Gasteiger partial charge in [-0.15, -0.1) is 0 Å². The molecule has 1 atom stereocenters. The molecule has 0 amide bonds. The first kappa shape index (κ1) is 19.1. The van der Waals surface area contributed by atoms with Gasteiger partial charge >= 0.3 is 0 Å². The van der Waals surface area contributed by atoms with E-state index in [-0.39, 0.29) is 6.61 Å². The molecule has 1 aliphatic carbocycles. The fourth-order valence-electron chi connectivity index (χ4n) is 4.78. The van der Waals surface area contributed by atoms with Gasteiger partial charge in [-0.3, -0.25) is 0 Å². The Balaban J connectivity index is 1.47. The van der Waals surface area contributed by atoms with Crippen LogP contribution in [0.3, 0.4) is 0 Å². The Labute approximate surface area is 176 Å². The van der Waals surface area contributed by atoms with Gasteiger partial charge in [-0.2, -0.15) is 4.98 Å². The maximum absolute atomic E-state index is 9.18. The molecule has 4 aromatic rings. The van der Waals surface area contributed by atoms with E-state index in [1.807, 2.05) is 0 Å². The summed E-state index contributed by atoms with van der Waals surface area (Å²) in [4.78, 5) is 4.74. The van der Waals surface area contributed by atoms with Crippen molar-refractivity contribution in [3.8, 4) is 22.8 Å². The number of hydrogen-bond acceptors (Lipinski definition) is 4. The van der Waals surface area contributed by atoms with Crippen molar-refractivity contribution in [3.63, 3.8) is 0 Å². The lowest BCUT2D eigenvalue weighted by molar-refractivity contribution is 0.279. The molecule has 0 spiro atoms. The Kier molecular flexibility index (Phi) is 4.91. The van der Waals surface area contributed by atoms with Crippen LogP contribution >= 0.6 is 0 Å². The molecule has 5 rings (SSSR count). The van der Waals surface area contributed by atoms with Crippen LogP contribution < -0.4 is 0 Å². The van der Waals surface area contributed by atoms with Crippen LogP contribution in [0.25, 0.3) is 33.7 Å². The third-order valence-electron chi connectivity index (χ3n) is 6.30. The van der Waals surface area contributed by atoms with E-state index in [0.29, 0.717) is 23.7 Å². The number of rotatable bonds is 6. The second-order valence-corrected chi connectivity index (χ2v) is 8.49. The number of nitrogens with zero attached hydrogens (tertiary/aromatic N) is 3. The second kappa shape index (κ2) is 7.73. The molecular formula is C25H27N3O2. The SMILES string of the molecule is CC(C)n1ccc2cc(-c3nc(-c4cccc5c4CCC5CCCO)no3)ccc21. The summed E-state index contributed by atoms with van der Waals surface area (Å²) in [5.41, 5.74) is 5.93. The third kappa shape index (κ3) is 3.23. The number of fused-ring (bicyclic) bond motifs is 2. The van der Waals surface area contributed by atoms with Gasteiger partial charge in [0.1, 0.15) is 0 Å². The Morgan fingerprint density at radius 3 is 2.93 bits per heavy atom. The minimum atomic E-state index is 0.255. The Morgan fingerprint density at radius 2 is 2.10 bits per heavy atom. The van der Waals surface area contributed by atoms with Crippen LogP contribution in [0, 0.1) is 0 Å². The maximum atomic E-state index is 9.18. The summed E-state index contributed by atoms with van der Waals surface area (Å²) in [6.45, 7) is 4.62. The highest BCUT2D eigenvalue weighted by Crippen LogP contribution is 2.40. The van der Waals surface area contributed by atoms with Crippen LogP contribution in [0.15, 0.2) is 53.2 Å². The molecule has 5 nitrogen and oxygen atoms in total. The molecule has 1 unspecified atom stereocenters. The number of hydrogen-bond donors (Lipinski definition) is 1. The van der Waals surface area contributed by atoms with Crippen LogP contribution in [0.1, 0.15) is 56.2 Å². The van der Waals surface area contributed by atoms with Gasteiger partial charge in [-0.05, 0) is 80.8 Å². The highest BCUT2D eigenvalue weighted by molar-refractivity contribution is 5.84.